The van der Waals surface area contributed by atoms with Crippen LogP contribution >= 0.6 is 11.6 Å². The van der Waals surface area contributed by atoms with E-state index in [1.54, 1.807) is 13.3 Å². The summed E-state index contributed by atoms with van der Waals surface area (Å²) in [5.41, 5.74) is 1.29. The average Bonchev–Trinajstić information content (AvgIpc) is 2.50. The van der Waals surface area contributed by atoms with Crippen molar-refractivity contribution in [2.24, 2.45) is 5.92 Å². The van der Waals surface area contributed by atoms with Gasteiger partial charge in [-0.05, 0) is 17.7 Å². The maximum absolute atomic E-state index is 5.77. The molecule has 0 spiro atoms. The standard InChI is InChI=1S/C16H18ClN3O2/c1-21-14-4-2-12(3-5-14)8-20-9-13(10-20)11-22-16-7-18-6-15(17)19-16/h2-7,13H,8-11H2,1H3. The fraction of sp³-hybridized carbons (Fsp3) is 0.375. The van der Waals surface area contributed by atoms with Gasteiger partial charge in [0.2, 0.25) is 5.88 Å². The first kappa shape index (κ1) is 15.1. The number of hydrogen-bond acceptors (Lipinski definition) is 5. The molecule has 3 rings (SSSR count). The Morgan fingerprint density at radius 1 is 1.23 bits per heavy atom. The minimum absolute atomic E-state index is 0.354. The molecule has 22 heavy (non-hydrogen) atoms. The molecule has 6 heteroatoms. The molecule has 0 atom stereocenters. The first-order valence-electron chi connectivity index (χ1n) is 7.18. The highest BCUT2D eigenvalue weighted by molar-refractivity contribution is 6.29. The first-order valence-corrected chi connectivity index (χ1v) is 7.56. The van der Waals surface area contributed by atoms with Gasteiger partial charge in [-0.1, -0.05) is 23.7 Å². The van der Waals surface area contributed by atoms with E-state index in [4.69, 9.17) is 21.1 Å². The number of halogens is 1. The Morgan fingerprint density at radius 2 is 2.00 bits per heavy atom. The van der Waals surface area contributed by atoms with E-state index in [-0.39, 0.29) is 0 Å². The largest absolute Gasteiger partial charge is 0.497 e. The van der Waals surface area contributed by atoms with Crippen LogP contribution in [-0.4, -0.2) is 41.7 Å². The lowest BCUT2D eigenvalue weighted by molar-refractivity contribution is 0.0543. The van der Waals surface area contributed by atoms with Crippen molar-refractivity contribution >= 4 is 11.6 Å². The number of hydrogen-bond donors (Lipinski definition) is 0. The van der Waals surface area contributed by atoms with Gasteiger partial charge in [-0.2, -0.15) is 4.98 Å². The molecule has 2 heterocycles. The Bertz CT molecular complexity index is 615. The number of nitrogens with zero attached hydrogens (tertiary/aromatic N) is 3. The maximum Gasteiger partial charge on any atom is 0.233 e. The van der Waals surface area contributed by atoms with Gasteiger partial charge in [-0.25, -0.2) is 0 Å². The van der Waals surface area contributed by atoms with Gasteiger partial charge in [0.05, 0.1) is 26.1 Å². The molecule has 0 saturated carbocycles. The lowest BCUT2D eigenvalue weighted by Crippen LogP contribution is -2.48. The molecule has 0 unspecified atom stereocenters. The van der Waals surface area contributed by atoms with Crippen LogP contribution in [0.1, 0.15) is 5.56 Å². The summed E-state index contributed by atoms with van der Waals surface area (Å²) in [5, 5.41) is 0.354. The summed E-state index contributed by atoms with van der Waals surface area (Å²) in [5.74, 6) is 1.90. The second-order valence-electron chi connectivity index (χ2n) is 5.40. The minimum atomic E-state index is 0.354. The van der Waals surface area contributed by atoms with Crippen molar-refractivity contribution in [2.45, 2.75) is 6.54 Å². The van der Waals surface area contributed by atoms with Gasteiger partial charge in [0, 0.05) is 25.6 Å². The molecular formula is C16H18ClN3O2. The molecule has 116 valence electrons. The van der Waals surface area contributed by atoms with Crippen molar-refractivity contribution < 1.29 is 9.47 Å². The molecule has 1 aromatic carbocycles. The molecule has 1 aliphatic rings. The number of benzene rings is 1. The van der Waals surface area contributed by atoms with Crippen LogP contribution in [0, 0.1) is 5.92 Å². The van der Waals surface area contributed by atoms with E-state index in [1.165, 1.54) is 11.8 Å². The van der Waals surface area contributed by atoms with E-state index >= 15 is 0 Å². The summed E-state index contributed by atoms with van der Waals surface area (Å²) in [4.78, 5) is 10.4. The van der Waals surface area contributed by atoms with Crippen molar-refractivity contribution in [1.29, 1.82) is 0 Å². The molecule has 0 aliphatic carbocycles. The first-order chi connectivity index (χ1) is 10.7. The van der Waals surface area contributed by atoms with Crippen molar-refractivity contribution in [1.82, 2.24) is 14.9 Å². The molecule has 0 radical (unpaired) electrons. The molecule has 5 nitrogen and oxygen atoms in total. The van der Waals surface area contributed by atoms with Crippen LogP contribution in [-0.2, 0) is 6.54 Å². The van der Waals surface area contributed by atoms with Crippen molar-refractivity contribution in [2.75, 3.05) is 26.8 Å². The Kier molecular flexibility index (Phi) is 4.75. The topological polar surface area (TPSA) is 47.5 Å². The van der Waals surface area contributed by atoms with E-state index in [1.807, 2.05) is 12.1 Å². The van der Waals surface area contributed by atoms with Crippen molar-refractivity contribution in [3.8, 4) is 11.6 Å². The van der Waals surface area contributed by atoms with Crippen LogP contribution < -0.4 is 9.47 Å². The normalized spacial score (nSPS) is 15.4. The van der Waals surface area contributed by atoms with Gasteiger partial charge in [0.1, 0.15) is 5.75 Å². The number of rotatable bonds is 6. The molecule has 1 aliphatic heterocycles. The van der Waals surface area contributed by atoms with E-state index in [0.29, 0.717) is 23.6 Å². The second kappa shape index (κ2) is 6.94. The van der Waals surface area contributed by atoms with E-state index in [9.17, 15) is 0 Å². The van der Waals surface area contributed by atoms with Gasteiger partial charge in [0.15, 0.2) is 5.15 Å². The molecule has 1 saturated heterocycles. The van der Waals surface area contributed by atoms with Crippen LogP contribution in [0.15, 0.2) is 36.7 Å². The molecule has 0 amide bonds. The Morgan fingerprint density at radius 3 is 2.68 bits per heavy atom. The summed E-state index contributed by atoms with van der Waals surface area (Å²) in [6, 6.07) is 8.19. The number of ether oxygens (including phenoxy) is 2. The zero-order valence-corrected chi connectivity index (χ0v) is 13.2. The summed E-state index contributed by atoms with van der Waals surface area (Å²) in [7, 11) is 1.68. The van der Waals surface area contributed by atoms with Crippen LogP contribution in [0.5, 0.6) is 11.6 Å². The van der Waals surface area contributed by atoms with E-state index in [0.717, 1.165) is 25.4 Å². The highest BCUT2D eigenvalue weighted by Gasteiger charge is 2.27. The van der Waals surface area contributed by atoms with Crippen LogP contribution in [0.2, 0.25) is 5.15 Å². The Labute approximate surface area is 134 Å². The summed E-state index contributed by atoms with van der Waals surface area (Å²) in [6.07, 6.45) is 3.08. The zero-order valence-electron chi connectivity index (χ0n) is 12.4. The highest BCUT2D eigenvalue weighted by Crippen LogP contribution is 2.21. The van der Waals surface area contributed by atoms with E-state index < -0.39 is 0 Å². The second-order valence-corrected chi connectivity index (χ2v) is 5.79. The molecule has 2 aromatic rings. The van der Waals surface area contributed by atoms with Gasteiger partial charge in [-0.15, -0.1) is 0 Å². The summed E-state index contributed by atoms with van der Waals surface area (Å²) in [6.45, 7) is 3.66. The Balaban J connectivity index is 1.40. The lowest BCUT2D eigenvalue weighted by atomic mass is 10.0. The summed E-state index contributed by atoms with van der Waals surface area (Å²) < 4.78 is 10.8. The maximum atomic E-state index is 5.77. The fourth-order valence-electron chi connectivity index (χ4n) is 2.50. The van der Waals surface area contributed by atoms with Crippen LogP contribution in [0.4, 0.5) is 0 Å². The minimum Gasteiger partial charge on any atom is -0.497 e. The zero-order chi connectivity index (χ0) is 15.4. The third-order valence-electron chi connectivity index (χ3n) is 3.65. The molecule has 1 aromatic heterocycles. The van der Waals surface area contributed by atoms with E-state index in [2.05, 4.69) is 27.0 Å². The predicted octanol–water partition coefficient (Wildman–Crippen LogP) is 2.65. The van der Waals surface area contributed by atoms with Crippen molar-refractivity contribution in [3.05, 3.63) is 47.4 Å². The number of methoxy groups -OCH3 is 1. The fourth-order valence-corrected chi connectivity index (χ4v) is 2.64. The highest BCUT2D eigenvalue weighted by atomic mass is 35.5. The van der Waals surface area contributed by atoms with Gasteiger partial charge in [-0.3, -0.25) is 9.88 Å². The lowest BCUT2D eigenvalue weighted by Gasteiger charge is -2.38. The van der Waals surface area contributed by atoms with Gasteiger partial charge in [0.25, 0.3) is 0 Å². The van der Waals surface area contributed by atoms with Crippen LogP contribution in [0.3, 0.4) is 0 Å². The van der Waals surface area contributed by atoms with Crippen molar-refractivity contribution in [3.63, 3.8) is 0 Å². The SMILES string of the molecule is COc1ccc(CN2CC(COc3cncc(Cl)n3)C2)cc1. The Hall–Kier alpha value is -1.85. The number of likely N-dealkylation sites (tertiary alicyclic amines) is 1. The summed E-state index contributed by atoms with van der Waals surface area (Å²) >= 11 is 5.77. The van der Waals surface area contributed by atoms with Gasteiger partial charge < -0.3 is 9.47 Å². The quantitative estimate of drug-likeness (QED) is 0.819. The third-order valence-corrected chi connectivity index (χ3v) is 3.83. The number of aromatic nitrogens is 2. The van der Waals surface area contributed by atoms with Crippen LogP contribution in [0.25, 0.3) is 0 Å². The van der Waals surface area contributed by atoms with Gasteiger partial charge >= 0.3 is 0 Å². The molecule has 0 N–H and O–H groups in total. The molecular weight excluding hydrogens is 302 g/mol. The predicted molar refractivity (Wildman–Crippen MR) is 84.3 cm³/mol. The molecule has 0 bridgehead atoms. The smallest absolute Gasteiger partial charge is 0.233 e. The monoisotopic (exact) mass is 319 g/mol. The average molecular weight is 320 g/mol. The third kappa shape index (κ3) is 3.87. The molecule has 1 fully saturated rings.